The maximum atomic E-state index is 12.5. The van der Waals surface area contributed by atoms with E-state index in [0.29, 0.717) is 18.8 Å². The van der Waals surface area contributed by atoms with Crippen molar-refractivity contribution in [2.45, 2.75) is 30.7 Å². The highest BCUT2D eigenvalue weighted by Crippen LogP contribution is 2.28. The predicted octanol–water partition coefficient (Wildman–Crippen LogP) is 0.993. The number of hydrogen-bond donors (Lipinski definition) is 1. The molecule has 1 atom stereocenters. The molecule has 1 heterocycles. The van der Waals surface area contributed by atoms with E-state index < -0.39 is 16.1 Å². The quantitative estimate of drug-likeness (QED) is 0.833. The molecule has 8 heteroatoms. The number of ether oxygens (including phenoxy) is 2. The van der Waals surface area contributed by atoms with Crippen molar-refractivity contribution < 1.29 is 22.7 Å². The summed E-state index contributed by atoms with van der Waals surface area (Å²) in [6.45, 7) is 2.90. The van der Waals surface area contributed by atoms with Crippen LogP contribution in [-0.4, -0.2) is 52.6 Å². The van der Waals surface area contributed by atoms with Gasteiger partial charge in [0.25, 0.3) is 0 Å². The lowest BCUT2D eigenvalue weighted by Gasteiger charge is -2.21. The fraction of sp³-hybridized carbons (Fsp3) is 0.533. The first kappa shape index (κ1) is 17.6. The highest BCUT2D eigenvalue weighted by Gasteiger charge is 2.29. The number of nitrogens with zero attached hydrogens (tertiary/aromatic N) is 1. The number of hydrogen-bond acceptors (Lipinski definition) is 5. The molecule has 0 bridgehead atoms. The molecule has 1 amide bonds. The van der Waals surface area contributed by atoms with Gasteiger partial charge in [0.1, 0.15) is 16.4 Å². The van der Waals surface area contributed by atoms with Crippen LogP contribution in [0.5, 0.6) is 11.5 Å². The zero-order valence-corrected chi connectivity index (χ0v) is 14.4. The number of nitrogens with one attached hydrogen (secondary N) is 1. The molecule has 1 aliphatic rings. The van der Waals surface area contributed by atoms with Gasteiger partial charge in [-0.1, -0.05) is 0 Å². The molecular weight excluding hydrogens is 320 g/mol. The smallest absolute Gasteiger partial charge is 0.244 e. The van der Waals surface area contributed by atoms with E-state index in [9.17, 15) is 13.2 Å². The summed E-state index contributed by atoms with van der Waals surface area (Å²) >= 11 is 0. The first-order valence-corrected chi connectivity index (χ1v) is 8.90. The molecular formula is C15H22N2O5S. The highest BCUT2D eigenvalue weighted by molar-refractivity contribution is 7.89. The van der Waals surface area contributed by atoms with Gasteiger partial charge in [-0.25, -0.2) is 8.42 Å². The van der Waals surface area contributed by atoms with Gasteiger partial charge in [-0.2, -0.15) is 4.72 Å². The third kappa shape index (κ3) is 3.94. The molecule has 0 spiro atoms. The molecule has 0 unspecified atom stereocenters. The van der Waals surface area contributed by atoms with Crippen LogP contribution in [-0.2, 0) is 14.8 Å². The molecule has 0 saturated carbocycles. The van der Waals surface area contributed by atoms with E-state index >= 15 is 0 Å². The summed E-state index contributed by atoms with van der Waals surface area (Å²) in [5.74, 6) is 0.443. The van der Waals surface area contributed by atoms with Gasteiger partial charge in [-0.3, -0.25) is 4.79 Å². The maximum absolute atomic E-state index is 12.5. The second-order valence-corrected chi connectivity index (χ2v) is 7.07. The van der Waals surface area contributed by atoms with Gasteiger partial charge in [-0.15, -0.1) is 0 Å². The number of carbonyl (C=O) groups is 1. The van der Waals surface area contributed by atoms with Crippen LogP contribution in [0.3, 0.4) is 0 Å². The summed E-state index contributed by atoms with van der Waals surface area (Å²) in [6, 6.07) is 3.59. The zero-order chi connectivity index (χ0) is 17.0. The molecule has 2 rings (SSSR count). The minimum atomic E-state index is -3.88. The third-order valence-electron chi connectivity index (χ3n) is 3.78. The Morgan fingerprint density at radius 1 is 1.22 bits per heavy atom. The lowest BCUT2D eigenvalue weighted by molar-refractivity contribution is -0.131. The zero-order valence-electron chi connectivity index (χ0n) is 13.5. The minimum absolute atomic E-state index is 0.0260. The second kappa shape index (κ2) is 7.18. The molecule has 128 valence electrons. The van der Waals surface area contributed by atoms with Crippen LogP contribution in [0.15, 0.2) is 23.1 Å². The van der Waals surface area contributed by atoms with Gasteiger partial charge in [-0.05, 0) is 31.9 Å². The molecule has 0 aromatic heterocycles. The van der Waals surface area contributed by atoms with Gasteiger partial charge in [0.15, 0.2) is 0 Å². The van der Waals surface area contributed by atoms with Crippen molar-refractivity contribution in [2.24, 2.45) is 0 Å². The monoisotopic (exact) mass is 342 g/mol. The molecule has 1 aliphatic heterocycles. The SMILES string of the molecule is COc1ccc(S(=O)(=O)N[C@@H](C)C(=O)N2CCCC2)c(OC)c1. The van der Waals surface area contributed by atoms with Crippen molar-refractivity contribution in [1.29, 1.82) is 0 Å². The van der Waals surface area contributed by atoms with Crippen molar-refractivity contribution in [3.63, 3.8) is 0 Å². The van der Waals surface area contributed by atoms with Crippen LogP contribution in [0.2, 0.25) is 0 Å². The molecule has 1 saturated heterocycles. The molecule has 1 fully saturated rings. The Hall–Kier alpha value is -1.80. The largest absolute Gasteiger partial charge is 0.497 e. The predicted molar refractivity (Wildman–Crippen MR) is 85.1 cm³/mol. The van der Waals surface area contributed by atoms with Crippen LogP contribution in [0, 0.1) is 0 Å². The normalized spacial score (nSPS) is 16.2. The Labute approximate surface area is 136 Å². The summed E-state index contributed by atoms with van der Waals surface area (Å²) in [5.41, 5.74) is 0. The Bertz CT molecular complexity index is 668. The molecule has 0 aliphatic carbocycles. The van der Waals surface area contributed by atoms with Crippen LogP contribution in [0.25, 0.3) is 0 Å². The molecule has 7 nitrogen and oxygen atoms in total. The molecule has 1 aromatic carbocycles. The van der Waals surface area contributed by atoms with E-state index in [-0.39, 0.29) is 16.6 Å². The van der Waals surface area contributed by atoms with E-state index in [1.54, 1.807) is 11.8 Å². The summed E-state index contributed by atoms with van der Waals surface area (Å²) in [7, 11) is -1.01. The molecule has 1 N–H and O–H groups in total. The first-order valence-electron chi connectivity index (χ1n) is 7.42. The molecule has 1 aromatic rings. The number of sulfonamides is 1. The lowest BCUT2D eigenvalue weighted by atomic mass is 10.3. The summed E-state index contributed by atoms with van der Waals surface area (Å²) in [5, 5.41) is 0. The average Bonchev–Trinajstić information content (AvgIpc) is 3.07. The molecule has 23 heavy (non-hydrogen) atoms. The van der Waals surface area contributed by atoms with Crippen LogP contribution < -0.4 is 14.2 Å². The Balaban J connectivity index is 2.19. The first-order chi connectivity index (χ1) is 10.9. The van der Waals surface area contributed by atoms with Crippen LogP contribution >= 0.6 is 0 Å². The Kier molecular flexibility index (Phi) is 5.48. The van der Waals surface area contributed by atoms with E-state index in [0.717, 1.165) is 12.8 Å². The lowest BCUT2D eigenvalue weighted by Crippen LogP contribution is -2.45. The van der Waals surface area contributed by atoms with Crippen molar-refractivity contribution in [1.82, 2.24) is 9.62 Å². The van der Waals surface area contributed by atoms with Gasteiger partial charge < -0.3 is 14.4 Å². The van der Waals surface area contributed by atoms with E-state index in [4.69, 9.17) is 9.47 Å². The topological polar surface area (TPSA) is 84.9 Å². The maximum Gasteiger partial charge on any atom is 0.244 e. The number of likely N-dealkylation sites (tertiary alicyclic amines) is 1. The summed E-state index contributed by atoms with van der Waals surface area (Å²) in [6.07, 6.45) is 1.91. The van der Waals surface area contributed by atoms with E-state index in [1.807, 2.05) is 0 Å². The third-order valence-corrected chi connectivity index (χ3v) is 5.36. The van der Waals surface area contributed by atoms with Crippen molar-refractivity contribution in [3.05, 3.63) is 18.2 Å². The fourth-order valence-corrected chi connectivity index (χ4v) is 3.90. The average molecular weight is 342 g/mol. The van der Waals surface area contributed by atoms with E-state index in [1.165, 1.54) is 32.4 Å². The Morgan fingerprint density at radius 3 is 2.43 bits per heavy atom. The van der Waals surface area contributed by atoms with Gasteiger partial charge in [0.2, 0.25) is 15.9 Å². The number of benzene rings is 1. The number of methoxy groups -OCH3 is 2. The highest BCUT2D eigenvalue weighted by atomic mass is 32.2. The van der Waals surface area contributed by atoms with Crippen LogP contribution in [0.4, 0.5) is 0 Å². The van der Waals surface area contributed by atoms with Gasteiger partial charge in [0, 0.05) is 19.2 Å². The van der Waals surface area contributed by atoms with Crippen molar-refractivity contribution >= 4 is 15.9 Å². The van der Waals surface area contributed by atoms with Crippen molar-refractivity contribution in [3.8, 4) is 11.5 Å². The van der Waals surface area contributed by atoms with Gasteiger partial charge >= 0.3 is 0 Å². The van der Waals surface area contributed by atoms with Crippen molar-refractivity contribution in [2.75, 3.05) is 27.3 Å². The van der Waals surface area contributed by atoms with Gasteiger partial charge in [0.05, 0.1) is 20.3 Å². The standard InChI is InChI=1S/C15H22N2O5S/c1-11(15(18)17-8-4-5-9-17)16-23(19,20)14-7-6-12(21-2)10-13(14)22-3/h6-7,10-11,16H,4-5,8-9H2,1-3H3/t11-/m0/s1. The number of rotatable bonds is 6. The number of carbonyl (C=O) groups excluding carboxylic acids is 1. The summed E-state index contributed by atoms with van der Waals surface area (Å²) in [4.78, 5) is 13.9. The number of amides is 1. The second-order valence-electron chi connectivity index (χ2n) is 5.39. The Morgan fingerprint density at radius 2 is 1.87 bits per heavy atom. The van der Waals surface area contributed by atoms with E-state index in [2.05, 4.69) is 4.72 Å². The fourth-order valence-electron chi connectivity index (χ4n) is 2.55. The summed E-state index contributed by atoms with van der Waals surface area (Å²) < 4.78 is 37.7. The molecule has 0 radical (unpaired) electrons. The van der Waals surface area contributed by atoms with Crippen LogP contribution in [0.1, 0.15) is 19.8 Å². The minimum Gasteiger partial charge on any atom is -0.497 e.